The molecule has 0 aromatic heterocycles. The zero-order valence-corrected chi connectivity index (χ0v) is 12.8. The van der Waals surface area contributed by atoms with Crippen LogP contribution in [0.3, 0.4) is 0 Å². The smallest absolute Gasteiger partial charge is 0.243 e. The van der Waals surface area contributed by atoms with Crippen molar-refractivity contribution in [3.8, 4) is 0 Å². The Hall–Kier alpha value is -1.30. The van der Waals surface area contributed by atoms with Crippen LogP contribution in [0, 0.1) is 0 Å². The van der Waals surface area contributed by atoms with Crippen LogP contribution in [0.1, 0.15) is 12.8 Å². The molecule has 7 heteroatoms. The highest BCUT2D eigenvalue weighted by Crippen LogP contribution is 2.14. The average molecular weight is 320 g/mol. The van der Waals surface area contributed by atoms with Crippen LogP contribution in [0.25, 0.3) is 0 Å². The van der Waals surface area contributed by atoms with Crippen LogP contribution >= 0.6 is 24.0 Å². The van der Waals surface area contributed by atoms with E-state index in [1.54, 1.807) is 31.3 Å². The van der Waals surface area contributed by atoms with E-state index in [1.807, 2.05) is 0 Å². The number of hydrogen-bond acceptors (Lipinski definition) is 3. The van der Waals surface area contributed by atoms with Gasteiger partial charge in [0.2, 0.25) is 11.8 Å². The van der Waals surface area contributed by atoms with Crippen molar-refractivity contribution in [2.45, 2.75) is 12.8 Å². The minimum atomic E-state index is -0.258. The van der Waals surface area contributed by atoms with E-state index in [-0.39, 0.29) is 30.8 Å². The topological polar surface area (TPSA) is 75.4 Å². The Labute approximate surface area is 129 Å². The lowest BCUT2D eigenvalue weighted by Gasteiger charge is -2.16. The highest BCUT2D eigenvalue weighted by atomic mass is 35.5. The van der Waals surface area contributed by atoms with Gasteiger partial charge in [0.25, 0.3) is 0 Å². The summed E-state index contributed by atoms with van der Waals surface area (Å²) in [6, 6.07) is 6.85. The number of nitrogens with one attached hydrogen (secondary N) is 1. The molecule has 0 aliphatic rings. The molecule has 112 valence electrons. The first kappa shape index (κ1) is 18.7. The van der Waals surface area contributed by atoms with Gasteiger partial charge in [0.1, 0.15) is 0 Å². The number of rotatable bonds is 6. The normalized spacial score (nSPS) is 9.55. The minimum absolute atomic E-state index is 0. The Morgan fingerprint density at radius 2 is 2.10 bits per heavy atom. The van der Waals surface area contributed by atoms with Gasteiger partial charge in [-0.3, -0.25) is 9.59 Å². The van der Waals surface area contributed by atoms with Gasteiger partial charge in [0.05, 0.1) is 6.54 Å². The number of likely N-dealkylation sites (N-methyl/N-ethyl adjacent to an activating group) is 1. The Kier molecular flexibility index (Phi) is 8.96. The summed E-state index contributed by atoms with van der Waals surface area (Å²) in [5.41, 5.74) is 5.94. The standard InChI is InChI=1S/C13H18ClN3O2.ClH/c1-17(13(19)6-3-7-15)9-12(18)16-11-5-2-4-10(14)8-11;/h2,4-5,8H,3,6-7,9,15H2,1H3,(H,16,18);1H. The van der Waals surface area contributed by atoms with Crippen LogP contribution in [0.15, 0.2) is 24.3 Å². The molecule has 20 heavy (non-hydrogen) atoms. The molecule has 0 radical (unpaired) electrons. The van der Waals surface area contributed by atoms with Crippen molar-refractivity contribution >= 4 is 41.5 Å². The summed E-state index contributed by atoms with van der Waals surface area (Å²) >= 11 is 5.81. The summed E-state index contributed by atoms with van der Waals surface area (Å²) in [5.74, 6) is -0.349. The van der Waals surface area contributed by atoms with Gasteiger partial charge in [-0.15, -0.1) is 12.4 Å². The number of carbonyl (C=O) groups excluding carboxylic acids is 2. The Morgan fingerprint density at radius 1 is 1.40 bits per heavy atom. The Morgan fingerprint density at radius 3 is 2.70 bits per heavy atom. The summed E-state index contributed by atoms with van der Waals surface area (Å²) in [6.45, 7) is 0.476. The molecule has 5 nitrogen and oxygen atoms in total. The fourth-order valence-corrected chi connectivity index (χ4v) is 1.70. The number of nitrogens with two attached hydrogens (primary N) is 1. The van der Waals surface area contributed by atoms with E-state index < -0.39 is 0 Å². The first-order chi connectivity index (χ1) is 9.02. The van der Waals surface area contributed by atoms with Crippen molar-refractivity contribution in [1.82, 2.24) is 4.90 Å². The molecule has 2 amide bonds. The van der Waals surface area contributed by atoms with Gasteiger partial charge >= 0.3 is 0 Å². The Balaban J connectivity index is 0.00000361. The SMILES string of the molecule is CN(CC(=O)Nc1cccc(Cl)c1)C(=O)CCCN.Cl. The quantitative estimate of drug-likeness (QED) is 0.840. The third-order valence-corrected chi connectivity index (χ3v) is 2.74. The Bertz CT molecular complexity index is 455. The zero-order valence-electron chi connectivity index (χ0n) is 11.3. The van der Waals surface area contributed by atoms with Crippen LogP contribution < -0.4 is 11.1 Å². The first-order valence-electron chi connectivity index (χ1n) is 6.02. The number of hydrogen-bond donors (Lipinski definition) is 2. The van der Waals surface area contributed by atoms with Crippen LogP contribution in [-0.4, -0.2) is 36.9 Å². The van der Waals surface area contributed by atoms with Gasteiger partial charge in [0.15, 0.2) is 0 Å². The molecule has 0 heterocycles. The molecule has 0 unspecified atom stereocenters. The predicted molar refractivity (Wildman–Crippen MR) is 83.3 cm³/mol. The van der Waals surface area contributed by atoms with Crippen molar-refractivity contribution in [3.63, 3.8) is 0 Å². The maximum Gasteiger partial charge on any atom is 0.243 e. The lowest BCUT2D eigenvalue weighted by atomic mass is 10.3. The molecule has 1 aromatic rings. The molecule has 0 bridgehead atoms. The van der Waals surface area contributed by atoms with Gasteiger partial charge in [-0.25, -0.2) is 0 Å². The number of carbonyl (C=O) groups is 2. The minimum Gasteiger partial charge on any atom is -0.336 e. The predicted octanol–water partition coefficient (Wildman–Crippen LogP) is 1.90. The highest BCUT2D eigenvalue weighted by Gasteiger charge is 2.12. The largest absolute Gasteiger partial charge is 0.336 e. The summed E-state index contributed by atoms with van der Waals surface area (Å²) in [5, 5.41) is 3.23. The maximum absolute atomic E-state index is 11.7. The van der Waals surface area contributed by atoms with Gasteiger partial charge in [-0.2, -0.15) is 0 Å². The molecule has 0 aliphatic heterocycles. The van der Waals surface area contributed by atoms with E-state index in [4.69, 9.17) is 17.3 Å². The fourth-order valence-electron chi connectivity index (χ4n) is 1.51. The molecule has 0 aliphatic carbocycles. The van der Waals surface area contributed by atoms with Crippen molar-refractivity contribution in [2.24, 2.45) is 5.73 Å². The third-order valence-electron chi connectivity index (χ3n) is 2.51. The van der Waals surface area contributed by atoms with E-state index in [2.05, 4.69) is 5.32 Å². The van der Waals surface area contributed by atoms with Gasteiger partial charge in [-0.05, 0) is 31.2 Å². The molecule has 0 fully saturated rings. The second kappa shape index (κ2) is 9.58. The van der Waals surface area contributed by atoms with Crippen LogP contribution in [0.5, 0.6) is 0 Å². The molecule has 0 atom stereocenters. The summed E-state index contributed by atoms with van der Waals surface area (Å²) in [7, 11) is 1.59. The number of halogens is 2. The lowest BCUT2D eigenvalue weighted by Crippen LogP contribution is -2.35. The maximum atomic E-state index is 11.7. The fraction of sp³-hybridized carbons (Fsp3) is 0.385. The summed E-state index contributed by atoms with van der Waals surface area (Å²) < 4.78 is 0. The molecule has 0 spiro atoms. The van der Waals surface area contributed by atoms with Gasteiger partial charge in [-0.1, -0.05) is 17.7 Å². The molecule has 1 rings (SSSR count). The van der Waals surface area contributed by atoms with E-state index in [0.29, 0.717) is 30.1 Å². The molecular weight excluding hydrogens is 301 g/mol. The van der Waals surface area contributed by atoms with Crippen LogP contribution in [-0.2, 0) is 9.59 Å². The summed E-state index contributed by atoms with van der Waals surface area (Å²) in [4.78, 5) is 24.7. The van der Waals surface area contributed by atoms with E-state index >= 15 is 0 Å². The summed E-state index contributed by atoms with van der Waals surface area (Å²) in [6.07, 6.45) is 0.983. The third kappa shape index (κ3) is 6.75. The van der Waals surface area contributed by atoms with Crippen LogP contribution in [0.4, 0.5) is 5.69 Å². The highest BCUT2D eigenvalue weighted by molar-refractivity contribution is 6.30. The molecule has 0 saturated heterocycles. The van der Waals surface area contributed by atoms with Crippen molar-refractivity contribution in [1.29, 1.82) is 0 Å². The second-order valence-corrected chi connectivity index (χ2v) is 4.64. The molecule has 3 N–H and O–H groups in total. The molecular formula is C13H19Cl2N3O2. The molecule has 1 aromatic carbocycles. The number of benzene rings is 1. The van der Waals surface area contributed by atoms with Crippen molar-refractivity contribution in [3.05, 3.63) is 29.3 Å². The van der Waals surface area contributed by atoms with Gasteiger partial charge in [0, 0.05) is 24.2 Å². The van der Waals surface area contributed by atoms with E-state index in [9.17, 15) is 9.59 Å². The van der Waals surface area contributed by atoms with Crippen LogP contribution in [0.2, 0.25) is 5.02 Å². The zero-order chi connectivity index (χ0) is 14.3. The van der Waals surface area contributed by atoms with Crippen molar-refractivity contribution < 1.29 is 9.59 Å². The number of amides is 2. The molecule has 0 saturated carbocycles. The first-order valence-corrected chi connectivity index (χ1v) is 6.40. The van der Waals surface area contributed by atoms with E-state index in [0.717, 1.165) is 0 Å². The van der Waals surface area contributed by atoms with E-state index in [1.165, 1.54) is 4.90 Å². The van der Waals surface area contributed by atoms with Crippen molar-refractivity contribution in [2.75, 3.05) is 25.5 Å². The van der Waals surface area contributed by atoms with Gasteiger partial charge < -0.3 is 16.0 Å². The lowest BCUT2D eigenvalue weighted by molar-refractivity contribution is -0.133. The number of anilines is 1. The second-order valence-electron chi connectivity index (χ2n) is 4.20. The number of nitrogens with zero attached hydrogens (tertiary/aromatic N) is 1. The average Bonchev–Trinajstić information content (AvgIpc) is 2.35. The monoisotopic (exact) mass is 319 g/mol.